The Morgan fingerprint density at radius 3 is 1.55 bits per heavy atom. The van der Waals surface area contributed by atoms with Crippen LogP contribution in [0.15, 0.2) is 24.3 Å². The van der Waals surface area contributed by atoms with Gasteiger partial charge in [-0.15, -0.1) is 0 Å². The van der Waals surface area contributed by atoms with E-state index in [0.29, 0.717) is 6.42 Å². The predicted octanol–water partition coefficient (Wildman–Crippen LogP) is 10.1. The minimum Gasteiger partial charge on any atom is -0.462 e. The highest BCUT2D eigenvalue weighted by Gasteiger charge is 2.22. The van der Waals surface area contributed by atoms with Crippen LogP contribution in [0.5, 0.6) is 0 Å². The SMILES string of the molecule is CCCCC/C=C\C/C=C\CCCCCCCCCC(=O)O[C@H](COC(=O)CCCCCCCCCCC)COP(=O)(O)O. The Labute approximate surface area is 269 Å². The summed E-state index contributed by atoms with van der Waals surface area (Å²) in [6.07, 6.45) is 33.3. The Kier molecular flexibility index (Phi) is 30.5. The van der Waals surface area contributed by atoms with Crippen LogP contribution < -0.4 is 0 Å². The smallest absolute Gasteiger partial charge is 0.462 e. The van der Waals surface area contributed by atoms with E-state index in [9.17, 15) is 14.2 Å². The first-order valence-electron chi connectivity index (χ1n) is 17.6. The number of carbonyl (C=O) groups is 2. The summed E-state index contributed by atoms with van der Waals surface area (Å²) in [4.78, 5) is 42.5. The van der Waals surface area contributed by atoms with Gasteiger partial charge in [0.05, 0.1) is 6.61 Å². The Hall–Kier alpha value is -1.47. The molecule has 0 heterocycles. The molecule has 0 rings (SSSR count). The molecule has 0 amide bonds. The van der Waals surface area contributed by atoms with Crippen LogP contribution in [0, 0.1) is 0 Å². The second-order valence-corrected chi connectivity index (χ2v) is 13.1. The minimum atomic E-state index is -4.74. The zero-order valence-corrected chi connectivity index (χ0v) is 29.0. The van der Waals surface area contributed by atoms with E-state index < -0.39 is 32.5 Å². The van der Waals surface area contributed by atoms with Gasteiger partial charge in [-0.1, -0.05) is 134 Å². The van der Waals surface area contributed by atoms with Crippen molar-refractivity contribution in [2.24, 2.45) is 0 Å². The number of esters is 2. The van der Waals surface area contributed by atoms with E-state index >= 15 is 0 Å². The molecule has 0 aliphatic carbocycles. The Bertz CT molecular complexity index is 777. The van der Waals surface area contributed by atoms with Gasteiger partial charge in [-0.25, -0.2) is 4.57 Å². The molecule has 0 radical (unpaired) electrons. The lowest BCUT2D eigenvalue weighted by molar-refractivity contribution is -0.161. The maximum absolute atomic E-state index is 12.3. The lowest BCUT2D eigenvalue weighted by Gasteiger charge is -2.18. The lowest BCUT2D eigenvalue weighted by Crippen LogP contribution is -2.29. The summed E-state index contributed by atoms with van der Waals surface area (Å²) >= 11 is 0. The number of hydrogen-bond acceptors (Lipinski definition) is 6. The molecule has 0 aromatic rings. The topological polar surface area (TPSA) is 119 Å². The van der Waals surface area contributed by atoms with Gasteiger partial charge < -0.3 is 19.3 Å². The van der Waals surface area contributed by atoms with Crippen molar-refractivity contribution in [1.82, 2.24) is 0 Å². The van der Waals surface area contributed by atoms with Crippen molar-refractivity contribution >= 4 is 19.8 Å². The van der Waals surface area contributed by atoms with E-state index in [1.165, 1.54) is 83.5 Å². The Morgan fingerprint density at radius 2 is 1.02 bits per heavy atom. The van der Waals surface area contributed by atoms with Gasteiger partial charge in [-0.05, 0) is 44.9 Å². The molecule has 0 fully saturated rings. The molecule has 0 unspecified atom stereocenters. The maximum Gasteiger partial charge on any atom is 0.469 e. The molecule has 0 saturated heterocycles. The second kappa shape index (κ2) is 31.5. The molecule has 2 N–H and O–H groups in total. The maximum atomic E-state index is 12.3. The van der Waals surface area contributed by atoms with E-state index in [-0.39, 0.29) is 19.4 Å². The largest absolute Gasteiger partial charge is 0.469 e. The van der Waals surface area contributed by atoms with Crippen molar-refractivity contribution in [1.29, 1.82) is 0 Å². The summed E-state index contributed by atoms with van der Waals surface area (Å²) in [5.74, 6) is -0.895. The number of phosphoric ester groups is 1. The lowest BCUT2D eigenvalue weighted by atomic mass is 10.1. The van der Waals surface area contributed by atoms with E-state index in [1.54, 1.807) is 0 Å². The molecule has 258 valence electrons. The fourth-order valence-electron chi connectivity index (χ4n) is 4.81. The molecule has 44 heavy (non-hydrogen) atoms. The van der Waals surface area contributed by atoms with Gasteiger partial charge in [0.1, 0.15) is 6.61 Å². The normalized spacial score (nSPS) is 12.7. The molecular weight excluding hydrogens is 579 g/mol. The monoisotopic (exact) mass is 644 g/mol. The first kappa shape index (κ1) is 42.5. The fraction of sp³-hybridized carbons (Fsp3) is 0.829. The standard InChI is InChI=1S/C35H65O8P/c1-3-5-7-9-11-13-14-15-16-17-18-19-20-22-24-26-28-30-35(37)43-33(32-42-44(38,39)40)31-41-34(36)29-27-25-23-21-12-10-8-6-4-2/h11,13,15-16,33H,3-10,12,14,17-32H2,1-2H3,(H2,38,39,40)/b13-11-,16-15-/t33-/m1/s1. The van der Waals surface area contributed by atoms with Crippen LogP contribution in [0.25, 0.3) is 0 Å². The highest BCUT2D eigenvalue weighted by molar-refractivity contribution is 7.46. The molecule has 1 atom stereocenters. The van der Waals surface area contributed by atoms with Crippen molar-refractivity contribution in [3.8, 4) is 0 Å². The molecule has 0 bridgehead atoms. The van der Waals surface area contributed by atoms with Crippen molar-refractivity contribution < 1.29 is 37.9 Å². The fourth-order valence-corrected chi connectivity index (χ4v) is 5.17. The van der Waals surface area contributed by atoms with Crippen LogP contribution >= 0.6 is 7.82 Å². The molecule has 0 aliphatic heterocycles. The van der Waals surface area contributed by atoms with Gasteiger partial charge in [-0.2, -0.15) is 0 Å². The minimum absolute atomic E-state index is 0.205. The summed E-state index contributed by atoms with van der Waals surface area (Å²) in [5, 5.41) is 0. The highest BCUT2D eigenvalue weighted by Crippen LogP contribution is 2.36. The van der Waals surface area contributed by atoms with Crippen LogP contribution in [0.3, 0.4) is 0 Å². The number of unbranched alkanes of at least 4 members (excludes halogenated alkanes) is 18. The predicted molar refractivity (Wildman–Crippen MR) is 179 cm³/mol. The first-order valence-corrected chi connectivity index (χ1v) is 19.2. The van der Waals surface area contributed by atoms with Crippen LogP contribution in [0.1, 0.15) is 168 Å². The van der Waals surface area contributed by atoms with Crippen LogP contribution in [-0.2, 0) is 28.2 Å². The second-order valence-electron chi connectivity index (χ2n) is 11.8. The summed E-state index contributed by atoms with van der Waals surface area (Å²) in [6.45, 7) is 3.61. The Balaban J connectivity index is 3.98. The average Bonchev–Trinajstić information content (AvgIpc) is 2.98. The van der Waals surface area contributed by atoms with Gasteiger partial charge >= 0.3 is 19.8 Å². The summed E-state index contributed by atoms with van der Waals surface area (Å²) in [5.41, 5.74) is 0. The molecular formula is C35H65O8P. The van der Waals surface area contributed by atoms with Crippen LogP contribution in [-0.4, -0.2) is 41.0 Å². The number of ether oxygens (including phenoxy) is 2. The van der Waals surface area contributed by atoms with Gasteiger partial charge in [0.15, 0.2) is 6.10 Å². The summed E-state index contributed by atoms with van der Waals surface area (Å²) < 4.78 is 26.2. The van der Waals surface area contributed by atoms with Crippen molar-refractivity contribution in [2.75, 3.05) is 13.2 Å². The van der Waals surface area contributed by atoms with E-state index in [4.69, 9.17) is 19.3 Å². The zero-order valence-electron chi connectivity index (χ0n) is 28.1. The van der Waals surface area contributed by atoms with Gasteiger partial charge in [0.25, 0.3) is 0 Å². The average molecular weight is 645 g/mol. The molecule has 8 nitrogen and oxygen atoms in total. The van der Waals surface area contributed by atoms with Crippen LogP contribution in [0.2, 0.25) is 0 Å². The quantitative estimate of drug-likeness (QED) is 0.0321. The van der Waals surface area contributed by atoms with Crippen molar-refractivity contribution in [2.45, 2.75) is 174 Å². The van der Waals surface area contributed by atoms with E-state index in [2.05, 4.69) is 42.7 Å². The van der Waals surface area contributed by atoms with Crippen LogP contribution in [0.4, 0.5) is 0 Å². The number of rotatable bonds is 32. The third-order valence-electron chi connectivity index (χ3n) is 7.47. The highest BCUT2D eigenvalue weighted by atomic mass is 31.2. The van der Waals surface area contributed by atoms with Crippen molar-refractivity contribution in [3.63, 3.8) is 0 Å². The number of allylic oxidation sites excluding steroid dienone is 4. The van der Waals surface area contributed by atoms with E-state index in [0.717, 1.165) is 51.4 Å². The van der Waals surface area contributed by atoms with E-state index in [1.807, 2.05) is 0 Å². The summed E-state index contributed by atoms with van der Waals surface area (Å²) in [6, 6.07) is 0. The number of carbonyl (C=O) groups excluding carboxylic acids is 2. The third-order valence-corrected chi connectivity index (χ3v) is 7.96. The molecule has 9 heteroatoms. The molecule has 0 aromatic carbocycles. The third kappa shape index (κ3) is 33.4. The Morgan fingerprint density at radius 1 is 0.591 bits per heavy atom. The molecule has 0 aromatic heterocycles. The molecule has 0 aliphatic rings. The molecule has 0 spiro atoms. The number of phosphoric acid groups is 1. The first-order chi connectivity index (χ1) is 21.3. The molecule has 0 saturated carbocycles. The number of hydrogen-bond donors (Lipinski definition) is 2. The van der Waals surface area contributed by atoms with Gasteiger partial charge in [0.2, 0.25) is 0 Å². The van der Waals surface area contributed by atoms with Gasteiger partial charge in [0, 0.05) is 12.8 Å². The van der Waals surface area contributed by atoms with Crippen molar-refractivity contribution in [3.05, 3.63) is 24.3 Å². The summed E-state index contributed by atoms with van der Waals surface area (Å²) in [7, 11) is -4.74. The van der Waals surface area contributed by atoms with Gasteiger partial charge in [-0.3, -0.25) is 14.1 Å². The zero-order chi connectivity index (χ0) is 32.6.